The normalized spacial score (nSPS) is 15.2. The summed E-state index contributed by atoms with van der Waals surface area (Å²) < 4.78 is 38.6. The predicted molar refractivity (Wildman–Crippen MR) is 125 cm³/mol. The first-order valence-corrected chi connectivity index (χ1v) is 12.4. The van der Waals surface area contributed by atoms with Crippen LogP contribution in [0.25, 0.3) is 11.5 Å². The van der Waals surface area contributed by atoms with Gasteiger partial charge in [-0.1, -0.05) is 6.92 Å². The van der Waals surface area contributed by atoms with Crippen molar-refractivity contribution < 1.29 is 17.6 Å². The van der Waals surface area contributed by atoms with E-state index < -0.39 is 10.0 Å². The molecule has 172 valence electrons. The second-order valence-electron chi connectivity index (χ2n) is 8.00. The van der Waals surface area contributed by atoms with Crippen LogP contribution in [0.3, 0.4) is 0 Å². The van der Waals surface area contributed by atoms with Gasteiger partial charge in [0.05, 0.1) is 11.5 Å². The van der Waals surface area contributed by atoms with E-state index in [4.69, 9.17) is 9.15 Å². The van der Waals surface area contributed by atoms with Crippen molar-refractivity contribution in [1.29, 1.82) is 5.26 Å². The molecule has 0 spiro atoms. The maximum absolute atomic E-state index is 12.9. The summed E-state index contributed by atoms with van der Waals surface area (Å²) in [6.45, 7) is 5.71. The third kappa shape index (κ3) is 5.02. The van der Waals surface area contributed by atoms with Gasteiger partial charge in [-0.25, -0.2) is 8.42 Å². The number of ether oxygens (including phenoxy) is 1. The van der Waals surface area contributed by atoms with Crippen LogP contribution in [0.2, 0.25) is 0 Å². The minimum atomic E-state index is -3.53. The highest BCUT2D eigenvalue weighted by molar-refractivity contribution is 7.89. The number of hydrogen-bond donors (Lipinski definition) is 1. The molecule has 8 nitrogen and oxygen atoms in total. The van der Waals surface area contributed by atoms with Gasteiger partial charge in [-0.3, -0.25) is 0 Å². The quantitative estimate of drug-likeness (QED) is 0.534. The van der Waals surface area contributed by atoms with E-state index in [1.807, 2.05) is 37.3 Å². The Kier molecular flexibility index (Phi) is 6.67. The Morgan fingerprint density at radius 2 is 1.82 bits per heavy atom. The Morgan fingerprint density at radius 3 is 2.42 bits per heavy atom. The Labute approximate surface area is 193 Å². The summed E-state index contributed by atoms with van der Waals surface area (Å²) in [7, 11) is -3.53. The van der Waals surface area contributed by atoms with E-state index in [9.17, 15) is 13.7 Å². The molecule has 33 heavy (non-hydrogen) atoms. The van der Waals surface area contributed by atoms with Gasteiger partial charge in [-0.2, -0.15) is 14.6 Å². The topological polar surface area (TPSA) is 108 Å². The highest BCUT2D eigenvalue weighted by Gasteiger charge is 2.28. The zero-order chi connectivity index (χ0) is 23.4. The van der Waals surface area contributed by atoms with Crippen LogP contribution in [0.5, 0.6) is 5.75 Å². The number of sulfonamides is 1. The number of nitrogens with zero attached hydrogens (tertiary/aromatic N) is 3. The smallest absolute Gasteiger partial charge is 0.243 e. The first-order chi connectivity index (χ1) is 15.9. The van der Waals surface area contributed by atoms with Crippen molar-refractivity contribution in [2.75, 3.05) is 25.0 Å². The number of nitriles is 1. The van der Waals surface area contributed by atoms with Gasteiger partial charge in [0, 0.05) is 24.3 Å². The summed E-state index contributed by atoms with van der Waals surface area (Å²) in [4.78, 5) is 4.49. The molecule has 0 bridgehead atoms. The average Bonchev–Trinajstić information content (AvgIpc) is 3.24. The number of piperidine rings is 1. The number of anilines is 2. The van der Waals surface area contributed by atoms with Gasteiger partial charge in [-0.05, 0) is 74.2 Å². The van der Waals surface area contributed by atoms with Crippen molar-refractivity contribution in [3.8, 4) is 23.3 Å². The molecule has 9 heteroatoms. The lowest BCUT2D eigenvalue weighted by Crippen LogP contribution is -2.37. The lowest BCUT2D eigenvalue weighted by molar-refractivity contribution is 0.288. The van der Waals surface area contributed by atoms with E-state index in [2.05, 4.69) is 17.2 Å². The van der Waals surface area contributed by atoms with E-state index in [0.717, 1.165) is 24.3 Å². The summed E-state index contributed by atoms with van der Waals surface area (Å²) in [6.07, 6.45) is 1.74. The second-order valence-corrected chi connectivity index (χ2v) is 9.94. The first kappa shape index (κ1) is 22.8. The van der Waals surface area contributed by atoms with Crippen LogP contribution < -0.4 is 10.1 Å². The van der Waals surface area contributed by atoms with Gasteiger partial charge in [0.15, 0.2) is 0 Å². The van der Waals surface area contributed by atoms with E-state index >= 15 is 0 Å². The average molecular weight is 467 g/mol. The van der Waals surface area contributed by atoms with Gasteiger partial charge in [0.1, 0.15) is 11.8 Å². The van der Waals surface area contributed by atoms with Crippen molar-refractivity contribution in [2.24, 2.45) is 5.92 Å². The van der Waals surface area contributed by atoms with E-state index in [1.54, 1.807) is 28.6 Å². The molecule has 1 saturated heterocycles. The molecule has 1 N–H and O–H groups in total. The molecule has 1 aromatic heterocycles. The van der Waals surface area contributed by atoms with E-state index in [-0.39, 0.29) is 22.4 Å². The molecule has 0 amide bonds. The van der Waals surface area contributed by atoms with Crippen LogP contribution in [-0.4, -0.2) is 37.4 Å². The number of oxazole rings is 1. The first-order valence-electron chi connectivity index (χ1n) is 10.9. The van der Waals surface area contributed by atoms with Crippen LogP contribution in [-0.2, 0) is 10.0 Å². The minimum absolute atomic E-state index is 0.109. The molecule has 0 atom stereocenters. The van der Waals surface area contributed by atoms with Crippen molar-refractivity contribution in [3.63, 3.8) is 0 Å². The highest BCUT2D eigenvalue weighted by atomic mass is 32.2. The fourth-order valence-electron chi connectivity index (χ4n) is 3.68. The summed E-state index contributed by atoms with van der Waals surface area (Å²) >= 11 is 0. The van der Waals surface area contributed by atoms with Crippen LogP contribution in [0.1, 0.15) is 32.4 Å². The van der Waals surface area contributed by atoms with Crippen LogP contribution >= 0.6 is 0 Å². The molecule has 3 aromatic rings. The Morgan fingerprint density at radius 1 is 1.15 bits per heavy atom. The van der Waals surface area contributed by atoms with Crippen molar-refractivity contribution >= 4 is 21.6 Å². The van der Waals surface area contributed by atoms with Crippen LogP contribution in [0.4, 0.5) is 11.6 Å². The standard InChI is InChI=1S/C24H26N4O4S/c1-3-31-20-8-6-19(7-9-20)26-24-22(16-25)27-23(32-24)18-4-10-21(11-5-18)33(29,30)28-14-12-17(2)13-15-28/h4-11,17,26H,3,12-15H2,1-2H3. The van der Waals surface area contributed by atoms with Crippen molar-refractivity contribution in [2.45, 2.75) is 31.6 Å². The van der Waals surface area contributed by atoms with E-state index in [1.165, 1.54) is 0 Å². The van der Waals surface area contributed by atoms with E-state index in [0.29, 0.717) is 31.2 Å². The molecule has 0 saturated carbocycles. The molecule has 1 aliphatic rings. The van der Waals surface area contributed by atoms with Crippen LogP contribution in [0, 0.1) is 17.2 Å². The SMILES string of the molecule is CCOc1ccc(Nc2oc(-c3ccc(S(=O)(=O)N4CCC(C)CC4)cc3)nc2C#N)cc1. The summed E-state index contributed by atoms with van der Waals surface area (Å²) in [6, 6.07) is 15.7. The minimum Gasteiger partial charge on any atom is -0.494 e. The molecule has 0 aliphatic carbocycles. The zero-order valence-electron chi connectivity index (χ0n) is 18.6. The van der Waals surface area contributed by atoms with Gasteiger partial charge in [0.25, 0.3) is 0 Å². The Balaban J connectivity index is 1.52. The number of aromatic nitrogens is 1. The lowest BCUT2D eigenvalue weighted by atomic mass is 10.0. The molecule has 0 unspecified atom stereocenters. The third-order valence-corrected chi connectivity index (χ3v) is 7.55. The van der Waals surface area contributed by atoms with Crippen LogP contribution in [0.15, 0.2) is 57.8 Å². The fourth-order valence-corrected chi connectivity index (χ4v) is 5.15. The van der Waals surface area contributed by atoms with Gasteiger partial charge in [-0.15, -0.1) is 0 Å². The van der Waals surface area contributed by atoms with Crippen molar-refractivity contribution in [1.82, 2.24) is 9.29 Å². The molecule has 4 rings (SSSR count). The van der Waals surface area contributed by atoms with Crippen molar-refractivity contribution in [3.05, 3.63) is 54.2 Å². The largest absolute Gasteiger partial charge is 0.494 e. The summed E-state index contributed by atoms with van der Waals surface area (Å²) in [5.74, 6) is 1.74. The maximum atomic E-state index is 12.9. The number of rotatable bonds is 7. The number of nitrogens with one attached hydrogen (secondary N) is 1. The molecule has 1 aliphatic heterocycles. The monoisotopic (exact) mass is 466 g/mol. The summed E-state index contributed by atoms with van der Waals surface area (Å²) in [5, 5.41) is 12.5. The molecule has 2 heterocycles. The fraction of sp³-hybridized carbons (Fsp3) is 0.333. The van der Waals surface area contributed by atoms with Gasteiger partial charge in [0.2, 0.25) is 27.5 Å². The predicted octanol–water partition coefficient (Wildman–Crippen LogP) is 4.78. The van der Waals surface area contributed by atoms with Gasteiger partial charge >= 0.3 is 0 Å². The molecule has 2 aromatic carbocycles. The Bertz CT molecular complexity index is 1240. The van der Waals surface area contributed by atoms with Gasteiger partial charge < -0.3 is 14.5 Å². The lowest BCUT2D eigenvalue weighted by Gasteiger charge is -2.29. The second kappa shape index (κ2) is 9.65. The third-order valence-electron chi connectivity index (χ3n) is 5.64. The maximum Gasteiger partial charge on any atom is 0.243 e. The number of benzene rings is 2. The summed E-state index contributed by atoms with van der Waals surface area (Å²) in [5.41, 5.74) is 1.41. The molecular formula is C24H26N4O4S. The molecule has 0 radical (unpaired) electrons. The zero-order valence-corrected chi connectivity index (χ0v) is 19.4. The molecular weight excluding hydrogens is 440 g/mol. The Hall–Kier alpha value is -3.35. The highest BCUT2D eigenvalue weighted by Crippen LogP contribution is 2.30. The molecule has 1 fully saturated rings. The number of hydrogen-bond acceptors (Lipinski definition) is 7.